The Hall–Kier alpha value is -2.54. The molecule has 0 unspecified atom stereocenters. The lowest BCUT2D eigenvalue weighted by Gasteiger charge is -2.36. The van der Waals surface area contributed by atoms with Gasteiger partial charge in [0.15, 0.2) is 0 Å². The molecular formula is C23H25F2N3O2. The zero-order valence-electron chi connectivity index (χ0n) is 16.7. The number of hydrogen-bond acceptors (Lipinski definition) is 4. The second kappa shape index (κ2) is 6.74. The van der Waals surface area contributed by atoms with Crippen molar-refractivity contribution in [2.75, 3.05) is 18.8 Å². The fraction of sp³-hybridized carbons (Fsp3) is 0.478. The SMILES string of the molecule is Nc1ncc(-c2ccc([C@]34C[C@H]3CN(C3CCC(F)(F)CC3)C4)cc2)cc1C(=O)O. The summed E-state index contributed by atoms with van der Waals surface area (Å²) in [6.45, 7) is 1.95. The number of likely N-dealkylation sites (tertiary alicyclic amines) is 1. The maximum atomic E-state index is 13.5. The van der Waals surface area contributed by atoms with Gasteiger partial charge in [-0.05, 0) is 42.4 Å². The maximum absolute atomic E-state index is 13.5. The van der Waals surface area contributed by atoms with Gasteiger partial charge in [-0.15, -0.1) is 0 Å². The maximum Gasteiger partial charge on any atom is 0.339 e. The number of carboxylic acid groups (broad SMARTS) is 1. The van der Waals surface area contributed by atoms with Gasteiger partial charge in [0, 0.05) is 49.1 Å². The summed E-state index contributed by atoms with van der Waals surface area (Å²) in [5.41, 5.74) is 8.69. The zero-order valence-corrected chi connectivity index (χ0v) is 16.7. The third-order valence-electron chi connectivity index (χ3n) is 7.32. The van der Waals surface area contributed by atoms with Crippen LogP contribution in [0.1, 0.15) is 48.0 Å². The summed E-state index contributed by atoms with van der Waals surface area (Å²) in [5.74, 6) is -2.97. The van der Waals surface area contributed by atoms with E-state index in [0.717, 1.165) is 25.1 Å². The van der Waals surface area contributed by atoms with Gasteiger partial charge in [0.05, 0.1) is 0 Å². The third-order valence-corrected chi connectivity index (χ3v) is 7.32. The minimum atomic E-state index is -2.48. The minimum absolute atomic E-state index is 0.00178. The van der Waals surface area contributed by atoms with Crippen LogP contribution < -0.4 is 5.73 Å². The van der Waals surface area contributed by atoms with Crippen molar-refractivity contribution in [1.82, 2.24) is 9.88 Å². The van der Waals surface area contributed by atoms with Gasteiger partial charge >= 0.3 is 5.97 Å². The monoisotopic (exact) mass is 413 g/mol. The number of aromatic carboxylic acids is 1. The number of nitrogen functional groups attached to an aromatic ring is 1. The Kier molecular flexibility index (Phi) is 4.36. The van der Waals surface area contributed by atoms with Gasteiger partial charge in [0.25, 0.3) is 0 Å². The number of alkyl halides is 2. The molecule has 5 nitrogen and oxygen atoms in total. The minimum Gasteiger partial charge on any atom is -0.478 e. The lowest BCUT2D eigenvalue weighted by Crippen LogP contribution is -2.41. The Labute approximate surface area is 173 Å². The molecule has 1 aliphatic heterocycles. The van der Waals surface area contributed by atoms with E-state index in [2.05, 4.69) is 22.0 Å². The summed E-state index contributed by atoms with van der Waals surface area (Å²) in [5, 5.41) is 9.26. The molecule has 0 radical (unpaired) electrons. The largest absolute Gasteiger partial charge is 0.478 e. The van der Waals surface area contributed by atoms with Crippen LogP contribution >= 0.6 is 0 Å². The van der Waals surface area contributed by atoms with Crippen molar-refractivity contribution < 1.29 is 18.7 Å². The predicted octanol–water partition coefficient (Wildman–Crippen LogP) is 4.18. The van der Waals surface area contributed by atoms with Crippen molar-refractivity contribution in [1.29, 1.82) is 0 Å². The summed E-state index contributed by atoms with van der Waals surface area (Å²) < 4.78 is 27.0. The molecule has 1 saturated heterocycles. The summed E-state index contributed by atoms with van der Waals surface area (Å²) in [4.78, 5) is 17.7. The van der Waals surface area contributed by atoms with E-state index < -0.39 is 11.9 Å². The fourth-order valence-electron chi connectivity index (χ4n) is 5.44. The second-order valence-electron chi connectivity index (χ2n) is 9.11. The van der Waals surface area contributed by atoms with Crippen LogP contribution in [-0.2, 0) is 5.41 Å². The van der Waals surface area contributed by atoms with Crippen molar-refractivity contribution in [2.24, 2.45) is 5.92 Å². The van der Waals surface area contributed by atoms with Gasteiger partial charge in [-0.3, -0.25) is 4.90 Å². The van der Waals surface area contributed by atoms with E-state index in [4.69, 9.17) is 5.73 Å². The third kappa shape index (κ3) is 3.25. The molecule has 3 fully saturated rings. The van der Waals surface area contributed by atoms with E-state index >= 15 is 0 Å². The van der Waals surface area contributed by atoms with Crippen LogP contribution in [0.15, 0.2) is 36.5 Å². The summed E-state index contributed by atoms with van der Waals surface area (Å²) >= 11 is 0. The van der Waals surface area contributed by atoms with Crippen molar-refractivity contribution in [2.45, 2.75) is 49.5 Å². The number of nitrogens with two attached hydrogens (primary N) is 1. The molecule has 7 heteroatoms. The number of rotatable bonds is 4. The number of fused-ring (bicyclic) bond motifs is 1. The molecule has 5 rings (SSSR count). The highest BCUT2D eigenvalue weighted by Crippen LogP contribution is 2.60. The number of aromatic nitrogens is 1. The summed E-state index contributed by atoms with van der Waals surface area (Å²) in [7, 11) is 0. The average Bonchev–Trinajstić information content (AvgIpc) is 3.29. The highest BCUT2D eigenvalue weighted by Gasteiger charge is 2.61. The first-order valence-corrected chi connectivity index (χ1v) is 10.5. The molecule has 0 bridgehead atoms. The van der Waals surface area contributed by atoms with E-state index in [1.54, 1.807) is 12.3 Å². The molecule has 1 aromatic carbocycles. The number of piperidine rings is 1. The number of carbonyl (C=O) groups is 1. The highest BCUT2D eigenvalue weighted by molar-refractivity contribution is 5.94. The Morgan fingerprint density at radius 2 is 1.87 bits per heavy atom. The topological polar surface area (TPSA) is 79.5 Å². The number of benzene rings is 1. The number of hydrogen-bond donors (Lipinski definition) is 2. The molecule has 0 spiro atoms. The quantitative estimate of drug-likeness (QED) is 0.786. The Morgan fingerprint density at radius 1 is 1.17 bits per heavy atom. The van der Waals surface area contributed by atoms with Crippen LogP contribution in [0.5, 0.6) is 0 Å². The average molecular weight is 413 g/mol. The first-order chi connectivity index (χ1) is 14.3. The van der Waals surface area contributed by atoms with E-state index in [1.807, 2.05) is 12.1 Å². The molecule has 158 valence electrons. The van der Waals surface area contributed by atoms with Crippen LogP contribution in [0.4, 0.5) is 14.6 Å². The van der Waals surface area contributed by atoms with Gasteiger partial charge in [0.1, 0.15) is 11.4 Å². The van der Waals surface area contributed by atoms with Crippen LogP contribution in [0.2, 0.25) is 0 Å². The van der Waals surface area contributed by atoms with E-state index in [0.29, 0.717) is 24.3 Å². The summed E-state index contributed by atoms with van der Waals surface area (Å²) in [6.07, 6.45) is 3.93. The van der Waals surface area contributed by atoms with Gasteiger partial charge < -0.3 is 10.8 Å². The van der Waals surface area contributed by atoms with Crippen molar-refractivity contribution in [3.63, 3.8) is 0 Å². The number of nitrogens with zero attached hydrogens (tertiary/aromatic N) is 2. The Morgan fingerprint density at radius 3 is 2.53 bits per heavy atom. The van der Waals surface area contributed by atoms with Crippen LogP contribution in [0, 0.1) is 5.92 Å². The predicted molar refractivity (Wildman–Crippen MR) is 110 cm³/mol. The van der Waals surface area contributed by atoms with Crippen molar-refractivity contribution in [3.8, 4) is 11.1 Å². The zero-order chi connectivity index (χ0) is 21.1. The lowest BCUT2D eigenvalue weighted by molar-refractivity contribution is -0.0526. The van der Waals surface area contributed by atoms with Crippen molar-refractivity contribution >= 4 is 11.8 Å². The van der Waals surface area contributed by atoms with Gasteiger partial charge in [0.2, 0.25) is 5.92 Å². The molecule has 30 heavy (non-hydrogen) atoms. The molecule has 2 saturated carbocycles. The van der Waals surface area contributed by atoms with Gasteiger partial charge in [-0.1, -0.05) is 24.3 Å². The number of anilines is 1. The fourth-order valence-corrected chi connectivity index (χ4v) is 5.44. The Bertz CT molecular complexity index is 984. The molecule has 2 aromatic rings. The van der Waals surface area contributed by atoms with Crippen LogP contribution in [0.3, 0.4) is 0 Å². The van der Waals surface area contributed by atoms with Gasteiger partial charge in [-0.25, -0.2) is 18.6 Å². The number of pyridine rings is 1. The van der Waals surface area contributed by atoms with Crippen LogP contribution in [0.25, 0.3) is 11.1 Å². The van der Waals surface area contributed by atoms with Gasteiger partial charge in [-0.2, -0.15) is 0 Å². The van der Waals surface area contributed by atoms with Crippen LogP contribution in [-0.4, -0.2) is 46.0 Å². The van der Waals surface area contributed by atoms with E-state index in [9.17, 15) is 18.7 Å². The second-order valence-corrected chi connectivity index (χ2v) is 9.11. The first kappa shape index (κ1) is 19.4. The molecule has 3 N–H and O–H groups in total. The summed E-state index contributed by atoms with van der Waals surface area (Å²) in [6, 6.07) is 10.1. The first-order valence-electron chi connectivity index (χ1n) is 10.5. The molecular weight excluding hydrogens is 388 g/mol. The Balaban J connectivity index is 1.31. The lowest BCUT2D eigenvalue weighted by atomic mass is 9.90. The van der Waals surface area contributed by atoms with Crippen molar-refractivity contribution in [3.05, 3.63) is 47.7 Å². The normalized spacial score (nSPS) is 28.3. The molecule has 3 aliphatic rings. The molecule has 0 amide bonds. The van der Waals surface area contributed by atoms with E-state index in [-0.39, 0.29) is 35.7 Å². The smallest absolute Gasteiger partial charge is 0.339 e. The number of carboxylic acids is 1. The standard InChI is InChI=1S/C23H25F2N3O2/c24-23(25)7-5-18(6-8-23)28-12-17-10-22(17,13-28)16-3-1-14(2-4-16)15-9-19(21(29)30)20(26)27-11-15/h1-4,9,11,17-18H,5-8,10,12-13H2,(H2,26,27)(H,29,30)/t17-,22+/m0/s1. The number of halogens is 2. The molecule has 2 atom stereocenters. The molecule has 1 aromatic heterocycles. The molecule has 2 aliphatic carbocycles. The molecule has 2 heterocycles. The highest BCUT2D eigenvalue weighted by atomic mass is 19.3. The van der Waals surface area contributed by atoms with E-state index in [1.165, 1.54) is 5.56 Å².